The van der Waals surface area contributed by atoms with E-state index in [-0.39, 0.29) is 18.3 Å². The molecule has 0 fully saturated rings. The first-order chi connectivity index (χ1) is 8.83. The summed E-state index contributed by atoms with van der Waals surface area (Å²) in [5, 5.41) is 5.85. The molecule has 0 saturated carbocycles. The number of carbonyl (C=O) groups is 1. The van der Waals surface area contributed by atoms with E-state index >= 15 is 0 Å². The van der Waals surface area contributed by atoms with Crippen molar-refractivity contribution in [1.29, 1.82) is 0 Å². The largest absolute Gasteiger partial charge is 0.375 e. The first kappa shape index (κ1) is 17.9. The van der Waals surface area contributed by atoms with E-state index in [9.17, 15) is 4.79 Å². The zero-order valence-electron chi connectivity index (χ0n) is 11.4. The Labute approximate surface area is 121 Å². The Balaban J connectivity index is 0.00000324. The van der Waals surface area contributed by atoms with Crippen LogP contribution in [0.4, 0.5) is 0 Å². The van der Waals surface area contributed by atoms with Crippen molar-refractivity contribution in [3.05, 3.63) is 35.9 Å². The summed E-state index contributed by atoms with van der Waals surface area (Å²) in [5.41, 5.74) is 1.15. The van der Waals surface area contributed by atoms with Crippen LogP contribution in [0.25, 0.3) is 0 Å². The molecule has 1 rings (SSSR count). The highest BCUT2D eigenvalue weighted by atomic mass is 35.5. The minimum absolute atomic E-state index is 0. The number of halogens is 1. The molecule has 5 heteroatoms. The molecule has 0 atom stereocenters. The van der Waals surface area contributed by atoms with Gasteiger partial charge in [-0.3, -0.25) is 4.79 Å². The van der Waals surface area contributed by atoms with Crippen molar-refractivity contribution in [3.63, 3.8) is 0 Å². The fourth-order valence-electron chi connectivity index (χ4n) is 1.54. The Hall–Kier alpha value is -1.10. The Kier molecular flexibility index (Phi) is 11.3. The number of ether oxygens (including phenoxy) is 1. The highest BCUT2D eigenvalue weighted by molar-refractivity contribution is 5.85. The van der Waals surface area contributed by atoms with Crippen LogP contribution < -0.4 is 10.6 Å². The summed E-state index contributed by atoms with van der Waals surface area (Å²) < 4.78 is 5.47. The third kappa shape index (κ3) is 9.47. The molecule has 0 bridgehead atoms. The molecule has 0 aliphatic carbocycles. The van der Waals surface area contributed by atoms with Gasteiger partial charge in [0.25, 0.3) is 0 Å². The molecule has 0 aliphatic heterocycles. The summed E-state index contributed by atoms with van der Waals surface area (Å²) in [4.78, 5) is 11.4. The Bertz CT molecular complexity index is 333. The van der Waals surface area contributed by atoms with Crippen molar-refractivity contribution in [2.75, 3.05) is 26.7 Å². The van der Waals surface area contributed by atoms with Gasteiger partial charge in [0, 0.05) is 13.0 Å². The first-order valence-corrected chi connectivity index (χ1v) is 6.36. The predicted molar refractivity (Wildman–Crippen MR) is 79.5 cm³/mol. The Morgan fingerprint density at radius 1 is 1.21 bits per heavy atom. The Morgan fingerprint density at radius 2 is 1.95 bits per heavy atom. The SMILES string of the molecule is CNCCCC(=O)NCCOCc1ccccc1.Cl. The van der Waals surface area contributed by atoms with Crippen LogP contribution in [0.1, 0.15) is 18.4 Å². The van der Waals surface area contributed by atoms with E-state index in [4.69, 9.17) is 4.74 Å². The predicted octanol–water partition coefficient (Wildman–Crippen LogP) is 1.74. The molecule has 1 aromatic carbocycles. The maximum absolute atomic E-state index is 11.4. The molecule has 0 spiro atoms. The number of hydrogen-bond acceptors (Lipinski definition) is 3. The summed E-state index contributed by atoms with van der Waals surface area (Å²) in [5.74, 6) is 0.0913. The van der Waals surface area contributed by atoms with E-state index in [1.165, 1.54) is 0 Å². The average Bonchev–Trinajstić information content (AvgIpc) is 2.40. The number of hydrogen-bond donors (Lipinski definition) is 2. The van der Waals surface area contributed by atoms with Crippen molar-refractivity contribution >= 4 is 18.3 Å². The molecule has 4 nitrogen and oxygen atoms in total. The van der Waals surface area contributed by atoms with Gasteiger partial charge in [-0.05, 0) is 25.6 Å². The Morgan fingerprint density at radius 3 is 2.63 bits per heavy atom. The molecular weight excluding hydrogens is 264 g/mol. The van der Waals surface area contributed by atoms with Gasteiger partial charge in [0.15, 0.2) is 0 Å². The van der Waals surface area contributed by atoms with E-state index in [0.717, 1.165) is 18.5 Å². The lowest BCUT2D eigenvalue weighted by molar-refractivity contribution is -0.121. The highest BCUT2D eigenvalue weighted by Crippen LogP contribution is 1.99. The second-order valence-corrected chi connectivity index (χ2v) is 4.10. The van der Waals surface area contributed by atoms with Crippen LogP contribution in [-0.4, -0.2) is 32.7 Å². The number of carbonyl (C=O) groups excluding carboxylic acids is 1. The van der Waals surface area contributed by atoms with E-state index < -0.39 is 0 Å². The zero-order chi connectivity index (χ0) is 13.1. The van der Waals surface area contributed by atoms with Gasteiger partial charge in [-0.2, -0.15) is 0 Å². The van der Waals surface area contributed by atoms with Crippen LogP contribution >= 0.6 is 12.4 Å². The van der Waals surface area contributed by atoms with Crippen molar-refractivity contribution in [3.8, 4) is 0 Å². The van der Waals surface area contributed by atoms with Crippen LogP contribution in [0.5, 0.6) is 0 Å². The average molecular weight is 287 g/mol. The minimum Gasteiger partial charge on any atom is -0.375 e. The molecule has 0 saturated heterocycles. The lowest BCUT2D eigenvalue weighted by atomic mass is 10.2. The molecule has 0 aromatic heterocycles. The highest BCUT2D eigenvalue weighted by Gasteiger charge is 1.99. The van der Waals surface area contributed by atoms with Gasteiger partial charge < -0.3 is 15.4 Å². The van der Waals surface area contributed by atoms with Crippen molar-refractivity contribution < 1.29 is 9.53 Å². The fraction of sp³-hybridized carbons (Fsp3) is 0.500. The normalized spacial score (nSPS) is 9.74. The van der Waals surface area contributed by atoms with Crippen molar-refractivity contribution in [2.24, 2.45) is 0 Å². The van der Waals surface area contributed by atoms with Gasteiger partial charge in [0.2, 0.25) is 5.91 Å². The van der Waals surface area contributed by atoms with Gasteiger partial charge in [-0.1, -0.05) is 30.3 Å². The quantitative estimate of drug-likeness (QED) is 0.680. The van der Waals surface area contributed by atoms with Gasteiger partial charge in [0.1, 0.15) is 0 Å². The topological polar surface area (TPSA) is 50.4 Å². The van der Waals surface area contributed by atoms with Gasteiger partial charge in [-0.25, -0.2) is 0 Å². The minimum atomic E-state index is 0. The van der Waals surface area contributed by atoms with Crippen LogP contribution in [-0.2, 0) is 16.1 Å². The fourth-order valence-corrected chi connectivity index (χ4v) is 1.54. The molecule has 0 radical (unpaired) electrons. The van der Waals surface area contributed by atoms with E-state index in [1.807, 2.05) is 37.4 Å². The summed E-state index contributed by atoms with van der Waals surface area (Å²) in [6, 6.07) is 10.0. The van der Waals surface area contributed by atoms with Crippen LogP contribution in [0.3, 0.4) is 0 Å². The molecule has 0 heterocycles. The third-order valence-corrected chi connectivity index (χ3v) is 2.51. The van der Waals surface area contributed by atoms with E-state index in [1.54, 1.807) is 0 Å². The molecule has 0 aliphatic rings. The molecule has 1 aromatic rings. The lowest BCUT2D eigenvalue weighted by Crippen LogP contribution is -2.27. The van der Waals surface area contributed by atoms with E-state index in [2.05, 4.69) is 10.6 Å². The number of amides is 1. The standard InChI is InChI=1S/C14H22N2O2.ClH/c1-15-9-5-8-14(17)16-10-11-18-12-13-6-3-2-4-7-13;/h2-4,6-7,15H,5,8-12H2,1H3,(H,16,17);1H. The lowest BCUT2D eigenvalue weighted by Gasteiger charge is -2.06. The van der Waals surface area contributed by atoms with Gasteiger partial charge in [-0.15, -0.1) is 12.4 Å². The number of benzene rings is 1. The number of nitrogens with one attached hydrogen (secondary N) is 2. The maximum atomic E-state index is 11.4. The molecule has 2 N–H and O–H groups in total. The maximum Gasteiger partial charge on any atom is 0.220 e. The monoisotopic (exact) mass is 286 g/mol. The second kappa shape index (κ2) is 12.0. The summed E-state index contributed by atoms with van der Waals surface area (Å²) in [7, 11) is 1.88. The number of rotatable bonds is 9. The van der Waals surface area contributed by atoms with Gasteiger partial charge >= 0.3 is 0 Å². The second-order valence-electron chi connectivity index (χ2n) is 4.10. The summed E-state index contributed by atoms with van der Waals surface area (Å²) in [6.07, 6.45) is 1.44. The zero-order valence-corrected chi connectivity index (χ0v) is 12.2. The third-order valence-electron chi connectivity index (χ3n) is 2.51. The van der Waals surface area contributed by atoms with Crippen molar-refractivity contribution in [1.82, 2.24) is 10.6 Å². The van der Waals surface area contributed by atoms with Crippen LogP contribution in [0.2, 0.25) is 0 Å². The summed E-state index contributed by atoms with van der Waals surface area (Å²) in [6.45, 7) is 2.59. The van der Waals surface area contributed by atoms with Crippen molar-refractivity contribution in [2.45, 2.75) is 19.4 Å². The van der Waals surface area contributed by atoms with Crippen LogP contribution in [0.15, 0.2) is 30.3 Å². The van der Waals surface area contributed by atoms with E-state index in [0.29, 0.717) is 26.2 Å². The van der Waals surface area contributed by atoms with Gasteiger partial charge in [0.05, 0.1) is 13.2 Å². The smallest absolute Gasteiger partial charge is 0.220 e. The molecule has 0 unspecified atom stereocenters. The summed E-state index contributed by atoms with van der Waals surface area (Å²) >= 11 is 0. The first-order valence-electron chi connectivity index (χ1n) is 6.36. The molecular formula is C14H23ClN2O2. The molecule has 1 amide bonds. The molecule has 19 heavy (non-hydrogen) atoms. The molecule has 108 valence electrons. The van der Waals surface area contributed by atoms with Crippen LogP contribution in [0, 0.1) is 0 Å².